The Morgan fingerprint density at radius 3 is 2.72 bits per heavy atom. The summed E-state index contributed by atoms with van der Waals surface area (Å²) in [6, 6.07) is 7.05. The minimum Gasteiger partial charge on any atom is -0.391 e. The number of nitrogens with one attached hydrogen (secondary N) is 1. The van der Waals surface area contributed by atoms with Gasteiger partial charge in [0.05, 0.1) is 17.9 Å². The van der Waals surface area contributed by atoms with E-state index in [4.69, 9.17) is 0 Å². The number of hydrogen-bond donors (Lipinski definition) is 2. The van der Waals surface area contributed by atoms with Crippen LogP contribution in [0.4, 0.5) is 0 Å². The predicted octanol–water partition coefficient (Wildman–Crippen LogP) is 1.22. The maximum absolute atomic E-state index is 11.9. The molecule has 0 unspecified atom stereocenters. The lowest BCUT2D eigenvalue weighted by Crippen LogP contribution is -2.36. The molecule has 0 spiro atoms. The van der Waals surface area contributed by atoms with E-state index in [-0.39, 0.29) is 11.7 Å². The number of rotatable bonds is 4. The first-order valence-electron chi connectivity index (χ1n) is 6.15. The molecule has 100 valence electrons. The van der Waals surface area contributed by atoms with Gasteiger partial charge in [0.2, 0.25) is 10.0 Å². The lowest BCUT2D eigenvalue weighted by molar-refractivity contribution is 0.151. The van der Waals surface area contributed by atoms with Crippen LogP contribution in [0.3, 0.4) is 0 Å². The maximum Gasteiger partial charge on any atom is 0.212 e. The molecule has 5 heteroatoms. The number of sulfonamides is 1. The van der Waals surface area contributed by atoms with E-state index in [9.17, 15) is 13.5 Å². The molecule has 1 aliphatic carbocycles. The summed E-state index contributed by atoms with van der Waals surface area (Å²) in [6.07, 6.45) is -0.172. The number of aliphatic hydroxyl groups excluding tert-OH is 1. The first-order valence-corrected chi connectivity index (χ1v) is 7.80. The molecule has 2 rings (SSSR count). The largest absolute Gasteiger partial charge is 0.391 e. The van der Waals surface area contributed by atoms with Gasteiger partial charge in [-0.3, -0.25) is 0 Å². The molecule has 0 fully saturated rings. The molecular weight excluding hydrogens is 250 g/mol. The third-order valence-electron chi connectivity index (χ3n) is 3.06. The Morgan fingerprint density at radius 2 is 2.06 bits per heavy atom. The van der Waals surface area contributed by atoms with Crippen molar-refractivity contribution in [2.75, 3.05) is 5.75 Å². The van der Waals surface area contributed by atoms with Crippen LogP contribution in [0.1, 0.15) is 31.0 Å². The van der Waals surface area contributed by atoms with Crippen LogP contribution >= 0.6 is 0 Å². The van der Waals surface area contributed by atoms with Crippen molar-refractivity contribution in [3.05, 3.63) is 35.4 Å². The van der Waals surface area contributed by atoms with Gasteiger partial charge < -0.3 is 5.11 Å². The lowest BCUT2D eigenvalue weighted by Gasteiger charge is -2.18. The van der Waals surface area contributed by atoms with Crippen LogP contribution in [0, 0.1) is 5.92 Å². The van der Waals surface area contributed by atoms with Gasteiger partial charge in [0.15, 0.2) is 0 Å². The molecule has 0 heterocycles. The van der Waals surface area contributed by atoms with E-state index >= 15 is 0 Å². The zero-order valence-electron chi connectivity index (χ0n) is 10.6. The summed E-state index contributed by atoms with van der Waals surface area (Å²) in [7, 11) is -3.35. The summed E-state index contributed by atoms with van der Waals surface area (Å²) in [4.78, 5) is 0. The molecule has 0 aromatic heterocycles. The Labute approximate surface area is 108 Å². The molecule has 0 saturated carbocycles. The fourth-order valence-corrected chi connectivity index (χ4v) is 4.04. The fraction of sp³-hybridized carbons (Fsp3) is 0.538. The van der Waals surface area contributed by atoms with E-state index < -0.39 is 22.2 Å². The van der Waals surface area contributed by atoms with E-state index in [1.54, 1.807) is 0 Å². The van der Waals surface area contributed by atoms with Crippen molar-refractivity contribution in [1.29, 1.82) is 0 Å². The molecular formula is C13H19NO3S. The summed E-state index contributed by atoms with van der Waals surface area (Å²) in [5.41, 5.74) is 1.90. The van der Waals surface area contributed by atoms with E-state index in [1.165, 1.54) is 0 Å². The van der Waals surface area contributed by atoms with Gasteiger partial charge in [-0.05, 0) is 17.0 Å². The quantitative estimate of drug-likeness (QED) is 0.863. The van der Waals surface area contributed by atoms with Crippen molar-refractivity contribution in [3.63, 3.8) is 0 Å². The molecule has 18 heavy (non-hydrogen) atoms. The molecule has 0 radical (unpaired) electrons. The molecule has 0 amide bonds. The van der Waals surface area contributed by atoms with Crippen molar-refractivity contribution in [2.45, 2.75) is 32.4 Å². The second-order valence-corrected chi connectivity index (χ2v) is 7.04. The van der Waals surface area contributed by atoms with Gasteiger partial charge in [0.1, 0.15) is 0 Å². The van der Waals surface area contributed by atoms with Crippen molar-refractivity contribution in [3.8, 4) is 0 Å². The van der Waals surface area contributed by atoms with Crippen molar-refractivity contribution in [1.82, 2.24) is 4.72 Å². The highest BCUT2D eigenvalue weighted by Crippen LogP contribution is 2.31. The first-order chi connectivity index (χ1) is 8.39. The van der Waals surface area contributed by atoms with Crippen LogP contribution in [0.15, 0.2) is 24.3 Å². The van der Waals surface area contributed by atoms with Crippen LogP contribution in [0.25, 0.3) is 0 Å². The number of benzene rings is 1. The number of aliphatic hydroxyl groups is 1. The highest BCUT2D eigenvalue weighted by Gasteiger charge is 2.33. The highest BCUT2D eigenvalue weighted by molar-refractivity contribution is 7.89. The highest BCUT2D eigenvalue weighted by atomic mass is 32.2. The lowest BCUT2D eigenvalue weighted by atomic mass is 10.1. The summed E-state index contributed by atoms with van der Waals surface area (Å²) >= 11 is 0. The molecule has 0 aliphatic heterocycles. The van der Waals surface area contributed by atoms with Gasteiger partial charge in [-0.15, -0.1) is 0 Å². The molecule has 0 saturated heterocycles. The van der Waals surface area contributed by atoms with E-state index in [1.807, 2.05) is 38.1 Å². The Bertz CT molecular complexity index is 525. The van der Waals surface area contributed by atoms with Gasteiger partial charge in [-0.25, -0.2) is 13.1 Å². The fourth-order valence-electron chi connectivity index (χ4n) is 2.40. The van der Waals surface area contributed by atoms with Crippen molar-refractivity contribution < 1.29 is 13.5 Å². The Morgan fingerprint density at radius 1 is 1.39 bits per heavy atom. The number of hydrogen-bond acceptors (Lipinski definition) is 3. The summed E-state index contributed by atoms with van der Waals surface area (Å²) in [5, 5.41) is 9.98. The minimum absolute atomic E-state index is 0.0660. The third-order valence-corrected chi connectivity index (χ3v) is 4.78. The third kappa shape index (κ3) is 2.91. The maximum atomic E-state index is 11.9. The molecule has 1 aromatic carbocycles. The average molecular weight is 269 g/mol. The Balaban J connectivity index is 2.20. The summed E-state index contributed by atoms with van der Waals surface area (Å²) in [6.45, 7) is 3.72. The Hall–Kier alpha value is -0.910. The molecule has 1 aliphatic rings. The van der Waals surface area contributed by atoms with Crippen LogP contribution < -0.4 is 4.72 Å². The van der Waals surface area contributed by atoms with Gasteiger partial charge >= 0.3 is 0 Å². The molecule has 2 N–H and O–H groups in total. The SMILES string of the molecule is CC(C)CS(=O)(=O)N[C@@H]1c2ccccc2C[C@@H]1O. The topological polar surface area (TPSA) is 66.4 Å². The smallest absolute Gasteiger partial charge is 0.212 e. The summed E-state index contributed by atoms with van der Waals surface area (Å²) in [5.74, 6) is 0.148. The van der Waals surface area contributed by atoms with Crippen molar-refractivity contribution >= 4 is 10.0 Å². The molecule has 0 bridgehead atoms. The van der Waals surface area contributed by atoms with Crippen LogP contribution in [-0.2, 0) is 16.4 Å². The molecule has 4 nitrogen and oxygen atoms in total. The van der Waals surface area contributed by atoms with Gasteiger partial charge in [0, 0.05) is 6.42 Å². The standard InChI is InChI=1S/C13H19NO3S/c1-9(2)8-18(16,17)14-13-11-6-4-3-5-10(11)7-12(13)15/h3-6,9,12-15H,7-8H2,1-2H3/t12-,13+/m0/s1. The van der Waals surface area contributed by atoms with Crippen LogP contribution in [0.2, 0.25) is 0 Å². The van der Waals surface area contributed by atoms with Gasteiger partial charge in [-0.1, -0.05) is 38.1 Å². The molecule has 2 atom stereocenters. The van der Waals surface area contributed by atoms with Gasteiger partial charge in [-0.2, -0.15) is 0 Å². The van der Waals surface area contributed by atoms with Crippen LogP contribution in [-0.4, -0.2) is 25.4 Å². The zero-order chi connectivity index (χ0) is 13.3. The second kappa shape index (κ2) is 4.99. The second-order valence-electron chi connectivity index (χ2n) is 5.24. The van der Waals surface area contributed by atoms with E-state index in [2.05, 4.69) is 4.72 Å². The average Bonchev–Trinajstić information content (AvgIpc) is 2.53. The number of fused-ring (bicyclic) bond motifs is 1. The monoisotopic (exact) mass is 269 g/mol. The van der Waals surface area contributed by atoms with Crippen molar-refractivity contribution in [2.24, 2.45) is 5.92 Å². The first kappa shape index (κ1) is 13.5. The summed E-state index contributed by atoms with van der Waals surface area (Å²) < 4.78 is 26.5. The minimum atomic E-state index is -3.35. The normalized spacial score (nSPS) is 23.3. The predicted molar refractivity (Wildman–Crippen MR) is 70.7 cm³/mol. The zero-order valence-corrected chi connectivity index (χ0v) is 11.4. The Kier molecular flexibility index (Phi) is 3.75. The van der Waals surface area contributed by atoms with E-state index in [0.717, 1.165) is 11.1 Å². The van der Waals surface area contributed by atoms with Crippen LogP contribution in [0.5, 0.6) is 0 Å². The molecule has 1 aromatic rings. The van der Waals surface area contributed by atoms with Gasteiger partial charge in [0.25, 0.3) is 0 Å². The van der Waals surface area contributed by atoms with E-state index in [0.29, 0.717) is 6.42 Å².